The molecule has 0 bridgehead atoms. The van der Waals surface area contributed by atoms with Gasteiger partial charge in [0.05, 0.1) is 15.9 Å². The maximum atomic E-state index is 10.8. The molecule has 1 atom stereocenters. The van der Waals surface area contributed by atoms with Crippen molar-refractivity contribution in [1.29, 1.82) is 0 Å². The maximum Gasteiger partial charge on any atom is 0.279 e. The van der Waals surface area contributed by atoms with Gasteiger partial charge in [-0.25, -0.2) is 0 Å². The third-order valence-corrected chi connectivity index (χ3v) is 2.82. The average Bonchev–Trinajstić information content (AvgIpc) is 2.28. The summed E-state index contributed by atoms with van der Waals surface area (Å²) in [5.41, 5.74) is -0.121. The van der Waals surface area contributed by atoms with Gasteiger partial charge >= 0.3 is 0 Å². The highest BCUT2D eigenvalue weighted by atomic mass is 35.5. The zero-order chi connectivity index (χ0) is 13.0. The number of nitro benzene ring substituents is 2. The highest BCUT2D eigenvalue weighted by molar-refractivity contribution is 6.20. The van der Waals surface area contributed by atoms with E-state index in [2.05, 4.69) is 0 Å². The zero-order valence-corrected chi connectivity index (χ0v) is 9.88. The van der Waals surface area contributed by atoms with Gasteiger partial charge in [0.25, 0.3) is 11.4 Å². The Balaban J connectivity index is 3.13. The van der Waals surface area contributed by atoms with E-state index < -0.39 is 9.85 Å². The fraction of sp³-hybridized carbons (Fsp3) is 0.400. The lowest BCUT2D eigenvalue weighted by atomic mass is 10.1. The average molecular weight is 259 g/mol. The van der Waals surface area contributed by atoms with Crippen LogP contribution < -0.4 is 0 Å². The minimum atomic E-state index is -0.658. The van der Waals surface area contributed by atoms with Crippen molar-refractivity contribution in [2.75, 3.05) is 0 Å². The van der Waals surface area contributed by atoms with E-state index in [0.717, 1.165) is 6.07 Å². The molecule has 0 radical (unpaired) electrons. The summed E-state index contributed by atoms with van der Waals surface area (Å²) in [6.45, 7) is 1.87. The Morgan fingerprint density at radius 3 is 2.41 bits per heavy atom. The molecule has 0 N–H and O–H groups in total. The Kier molecular flexibility index (Phi) is 4.39. The molecule has 0 aliphatic heterocycles. The first-order valence-corrected chi connectivity index (χ1v) is 5.45. The lowest BCUT2D eigenvalue weighted by Gasteiger charge is -2.06. The quantitative estimate of drug-likeness (QED) is 0.461. The van der Waals surface area contributed by atoms with Gasteiger partial charge in [-0.15, -0.1) is 11.6 Å². The van der Waals surface area contributed by atoms with E-state index in [9.17, 15) is 20.2 Å². The summed E-state index contributed by atoms with van der Waals surface area (Å²) >= 11 is 5.92. The van der Waals surface area contributed by atoms with Crippen molar-refractivity contribution < 1.29 is 9.85 Å². The molecule has 1 rings (SSSR count). The summed E-state index contributed by atoms with van der Waals surface area (Å²) in [4.78, 5) is 20.0. The van der Waals surface area contributed by atoms with Crippen LogP contribution in [0.25, 0.3) is 0 Å². The summed E-state index contributed by atoms with van der Waals surface area (Å²) in [5, 5.41) is 21.1. The molecule has 1 aromatic rings. The molecule has 1 aromatic carbocycles. The van der Waals surface area contributed by atoms with Crippen molar-refractivity contribution in [3.05, 3.63) is 44.0 Å². The molecule has 0 saturated heterocycles. The molecule has 0 fully saturated rings. The summed E-state index contributed by atoms with van der Waals surface area (Å²) in [6.07, 6.45) is 1.00. The van der Waals surface area contributed by atoms with Gasteiger partial charge in [0, 0.05) is 17.0 Å². The summed E-state index contributed by atoms with van der Waals surface area (Å²) < 4.78 is 0. The Hall–Kier alpha value is -1.69. The van der Waals surface area contributed by atoms with E-state index in [1.165, 1.54) is 12.1 Å². The summed E-state index contributed by atoms with van der Waals surface area (Å²) in [6, 6.07) is 3.61. The minimum Gasteiger partial charge on any atom is -0.258 e. The molecule has 17 heavy (non-hydrogen) atoms. The predicted molar refractivity (Wildman–Crippen MR) is 63.4 cm³/mol. The molecule has 92 valence electrons. The number of halogens is 1. The second-order valence-electron chi connectivity index (χ2n) is 3.54. The van der Waals surface area contributed by atoms with Gasteiger partial charge in [-0.2, -0.15) is 0 Å². The molecule has 6 nitrogen and oxygen atoms in total. The second-order valence-corrected chi connectivity index (χ2v) is 4.15. The van der Waals surface area contributed by atoms with Crippen LogP contribution in [0.2, 0.25) is 0 Å². The molecule has 1 unspecified atom stereocenters. The normalized spacial score (nSPS) is 12.1. The van der Waals surface area contributed by atoms with Gasteiger partial charge < -0.3 is 0 Å². The molecule has 7 heteroatoms. The number of hydrogen-bond acceptors (Lipinski definition) is 4. The van der Waals surface area contributed by atoms with Crippen LogP contribution in [0, 0.1) is 20.2 Å². The highest BCUT2D eigenvalue weighted by Crippen LogP contribution is 2.26. The fourth-order valence-corrected chi connectivity index (χ4v) is 1.56. The number of alkyl halides is 1. The van der Waals surface area contributed by atoms with Crippen molar-refractivity contribution in [3.63, 3.8) is 0 Å². The lowest BCUT2D eigenvalue weighted by Crippen LogP contribution is -2.05. The van der Waals surface area contributed by atoms with Gasteiger partial charge in [-0.05, 0) is 18.9 Å². The second kappa shape index (κ2) is 5.58. The topological polar surface area (TPSA) is 86.3 Å². The van der Waals surface area contributed by atoms with Crippen molar-refractivity contribution in [3.8, 4) is 0 Å². The van der Waals surface area contributed by atoms with E-state index >= 15 is 0 Å². The van der Waals surface area contributed by atoms with E-state index in [1.54, 1.807) is 0 Å². The smallest absolute Gasteiger partial charge is 0.258 e. The van der Waals surface area contributed by atoms with Crippen LogP contribution in [0.15, 0.2) is 18.2 Å². The molecule has 0 saturated carbocycles. The zero-order valence-electron chi connectivity index (χ0n) is 9.13. The maximum absolute atomic E-state index is 10.8. The van der Waals surface area contributed by atoms with Crippen LogP contribution in [0.3, 0.4) is 0 Å². The van der Waals surface area contributed by atoms with Gasteiger partial charge in [-0.1, -0.05) is 6.92 Å². The van der Waals surface area contributed by atoms with Gasteiger partial charge in [0.15, 0.2) is 0 Å². The van der Waals surface area contributed by atoms with Crippen LogP contribution in [0.5, 0.6) is 0 Å². The summed E-state index contributed by atoms with van der Waals surface area (Å²) in [5.74, 6) is 0. The first-order chi connectivity index (χ1) is 7.95. The number of hydrogen-bond donors (Lipinski definition) is 0. The van der Waals surface area contributed by atoms with E-state index in [-0.39, 0.29) is 16.8 Å². The molecule has 0 amide bonds. The third kappa shape index (κ3) is 3.39. The third-order valence-electron chi connectivity index (χ3n) is 2.36. The standard InChI is InChI=1S/C10H11ClN2O4/c1-2-8(11)5-7-3-4-9(12(14)15)6-10(7)13(16)17/h3-4,6,8H,2,5H2,1H3. The van der Waals surface area contributed by atoms with Gasteiger partial charge in [-0.3, -0.25) is 20.2 Å². The molecule has 0 heterocycles. The molecule has 0 aromatic heterocycles. The Morgan fingerprint density at radius 1 is 1.29 bits per heavy atom. The first kappa shape index (κ1) is 13.4. The van der Waals surface area contributed by atoms with Crippen molar-refractivity contribution in [2.24, 2.45) is 0 Å². The number of benzene rings is 1. The molecule has 0 aliphatic carbocycles. The Bertz CT molecular complexity index is 450. The van der Waals surface area contributed by atoms with Gasteiger partial charge in [0.2, 0.25) is 0 Å². The minimum absolute atomic E-state index is 0.213. The van der Waals surface area contributed by atoms with Crippen molar-refractivity contribution in [1.82, 2.24) is 0 Å². The fourth-order valence-electron chi connectivity index (χ4n) is 1.39. The Labute approximate surface area is 103 Å². The van der Waals surface area contributed by atoms with Crippen LogP contribution in [0.1, 0.15) is 18.9 Å². The van der Waals surface area contributed by atoms with E-state index in [1.807, 2.05) is 6.92 Å². The first-order valence-electron chi connectivity index (χ1n) is 5.01. The van der Waals surface area contributed by atoms with Crippen LogP contribution in [0.4, 0.5) is 11.4 Å². The van der Waals surface area contributed by atoms with Crippen LogP contribution >= 0.6 is 11.6 Å². The number of nitro groups is 2. The number of nitrogens with zero attached hydrogens (tertiary/aromatic N) is 2. The molecule has 0 aliphatic rings. The molecular formula is C10H11ClN2O4. The SMILES string of the molecule is CCC(Cl)Cc1ccc([N+](=O)[O-])cc1[N+](=O)[O-]. The lowest BCUT2D eigenvalue weighted by molar-refractivity contribution is -0.394. The highest BCUT2D eigenvalue weighted by Gasteiger charge is 2.20. The monoisotopic (exact) mass is 258 g/mol. The van der Waals surface area contributed by atoms with Crippen molar-refractivity contribution >= 4 is 23.0 Å². The Morgan fingerprint density at radius 2 is 1.94 bits per heavy atom. The number of rotatable bonds is 5. The molecular weight excluding hydrogens is 248 g/mol. The van der Waals surface area contributed by atoms with Crippen molar-refractivity contribution in [2.45, 2.75) is 25.1 Å². The summed E-state index contributed by atoms with van der Waals surface area (Å²) in [7, 11) is 0. The van der Waals surface area contributed by atoms with Crippen LogP contribution in [-0.4, -0.2) is 15.2 Å². The van der Waals surface area contributed by atoms with Crippen LogP contribution in [-0.2, 0) is 6.42 Å². The molecule has 0 spiro atoms. The van der Waals surface area contributed by atoms with E-state index in [0.29, 0.717) is 18.4 Å². The largest absolute Gasteiger partial charge is 0.279 e. The van der Waals surface area contributed by atoms with Gasteiger partial charge in [0.1, 0.15) is 0 Å². The predicted octanol–water partition coefficient (Wildman–Crippen LogP) is 3.06. The number of non-ortho nitro benzene ring substituents is 1. The van der Waals surface area contributed by atoms with E-state index in [4.69, 9.17) is 11.6 Å².